The van der Waals surface area contributed by atoms with Crippen molar-refractivity contribution in [3.05, 3.63) is 23.7 Å². The Morgan fingerprint density at radius 1 is 1.62 bits per heavy atom. The standard InChI is InChI=1S/C6H6O.Ti/c1-5-3-4-6(2)7-5;/h1,3-4H,2H3;. The average Bonchev–Trinajstić information content (AvgIpc) is 2.14. The maximum absolute atomic E-state index is 5.18. The van der Waals surface area contributed by atoms with Crippen LogP contribution >= 0.6 is 0 Å². The van der Waals surface area contributed by atoms with Crippen LogP contribution in [0.4, 0.5) is 0 Å². The van der Waals surface area contributed by atoms with Crippen molar-refractivity contribution in [1.29, 1.82) is 0 Å². The zero-order chi connectivity index (χ0) is 5.98. The summed E-state index contributed by atoms with van der Waals surface area (Å²) in [7, 11) is 0. The molecule has 8 heavy (non-hydrogen) atoms. The van der Waals surface area contributed by atoms with Gasteiger partial charge in [0, 0.05) is 0 Å². The van der Waals surface area contributed by atoms with Crippen LogP contribution in [0.25, 0.3) is 0 Å². The van der Waals surface area contributed by atoms with Gasteiger partial charge in [-0.05, 0) is 0 Å². The van der Waals surface area contributed by atoms with Gasteiger partial charge in [0.15, 0.2) is 0 Å². The van der Waals surface area contributed by atoms with Crippen molar-refractivity contribution < 1.29 is 24.4 Å². The molecule has 0 saturated carbocycles. The van der Waals surface area contributed by atoms with Crippen LogP contribution in [0.2, 0.25) is 0 Å². The fraction of sp³-hybridized carbons (Fsp3) is 0.167. The van der Waals surface area contributed by atoms with Crippen molar-refractivity contribution in [3.63, 3.8) is 0 Å². The molecule has 1 rings (SSSR count). The molecule has 2 heteroatoms. The zero-order valence-electron chi connectivity index (χ0n) is 4.64. The summed E-state index contributed by atoms with van der Waals surface area (Å²) >= 11 is 1.96. The van der Waals surface area contributed by atoms with Gasteiger partial charge in [0.2, 0.25) is 0 Å². The SMILES string of the molecule is Cc1ccc([CH]=[Ti])o1. The van der Waals surface area contributed by atoms with E-state index in [4.69, 9.17) is 4.42 Å². The predicted molar refractivity (Wildman–Crippen MR) is 28.6 cm³/mol. The minimum absolute atomic E-state index is 0.947. The summed E-state index contributed by atoms with van der Waals surface area (Å²) < 4.78 is 7.11. The number of rotatable bonds is 1. The Morgan fingerprint density at radius 2 is 2.38 bits per heavy atom. The Kier molecular flexibility index (Phi) is 1.82. The van der Waals surface area contributed by atoms with Crippen LogP contribution in [0.5, 0.6) is 0 Å². The molecule has 0 N–H and O–H groups in total. The molecule has 0 radical (unpaired) electrons. The molecule has 0 unspecified atom stereocenters. The van der Waals surface area contributed by atoms with Gasteiger partial charge in [-0.2, -0.15) is 0 Å². The van der Waals surface area contributed by atoms with Gasteiger partial charge in [0.25, 0.3) is 0 Å². The van der Waals surface area contributed by atoms with Gasteiger partial charge in [0.05, 0.1) is 0 Å². The van der Waals surface area contributed by atoms with Crippen LogP contribution < -0.4 is 0 Å². The van der Waals surface area contributed by atoms with Crippen molar-refractivity contribution in [1.82, 2.24) is 0 Å². The second kappa shape index (κ2) is 2.43. The number of hydrogen-bond donors (Lipinski definition) is 0. The van der Waals surface area contributed by atoms with Crippen LogP contribution in [0.15, 0.2) is 16.5 Å². The molecule has 1 aromatic rings. The van der Waals surface area contributed by atoms with Crippen LogP contribution in [0, 0.1) is 6.92 Å². The van der Waals surface area contributed by atoms with Gasteiger partial charge in [-0.15, -0.1) is 0 Å². The molecule has 40 valence electrons. The van der Waals surface area contributed by atoms with Crippen LogP contribution in [0.3, 0.4) is 0 Å². The molecule has 1 aromatic heterocycles. The molecule has 0 aliphatic heterocycles. The summed E-state index contributed by atoms with van der Waals surface area (Å²) in [4.78, 5) is 0. The monoisotopic (exact) mass is 142 g/mol. The van der Waals surface area contributed by atoms with E-state index in [1.165, 1.54) is 0 Å². The summed E-state index contributed by atoms with van der Waals surface area (Å²) in [6.07, 6.45) is 0. The van der Waals surface area contributed by atoms with Gasteiger partial charge >= 0.3 is 59.3 Å². The van der Waals surface area contributed by atoms with E-state index in [0.29, 0.717) is 0 Å². The molecule has 0 atom stereocenters. The van der Waals surface area contributed by atoms with E-state index in [0.717, 1.165) is 11.5 Å². The van der Waals surface area contributed by atoms with E-state index in [1.807, 2.05) is 43.3 Å². The van der Waals surface area contributed by atoms with E-state index in [-0.39, 0.29) is 0 Å². The third-order valence-electron chi connectivity index (χ3n) is 0.903. The Balaban J connectivity index is 3.00. The third kappa shape index (κ3) is 1.18. The molecule has 0 fully saturated rings. The molecule has 0 aliphatic carbocycles. The van der Waals surface area contributed by atoms with Crippen molar-refractivity contribution in [3.8, 4) is 0 Å². The molecule has 0 amide bonds. The van der Waals surface area contributed by atoms with Crippen LogP contribution in [0.1, 0.15) is 11.5 Å². The fourth-order valence-corrected chi connectivity index (χ4v) is 0.773. The van der Waals surface area contributed by atoms with Crippen molar-refractivity contribution >= 4 is 4.31 Å². The summed E-state index contributed by atoms with van der Waals surface area (Å²) in [6, 6.07) is 3.91. The van der Waals surface area contributed by atoms with E-state index >= 15 is 0 Å². The molecule has 0 aromatic carbocycles. The second-order valence-electron chi connectivity index (χ2n) is 1.59. The number of aryl methyl sites for hydroxylation is 1. The normalized spacial score (nSPS) is 9.00. The second-order valence-corrected chi connectivity index (χ2v) is 2.04. The predicted octanol–water partition coefficient (Wildman–Crippen LogP) is 1.29. The topological polar surface area (TPSA) is 13.1 Å². The molecule has 0 saturated heterocycles. The average molecular weight is 142 g/mol. The quantitative estimate of drug-likeness (QED) is 0.538. The molecule has 1 nitrogen and oxygen atoms in total. The number of furan rings is 1. The first kappa shape index (κ1) is 5.99. The Labute approximate surface area is 59.6 Å². The number of hydrogen-bond acceptors (Lipinski definition) is 1. The molecular formula is C6H6OTi. The van der Waals surface area contributed by atoms with Crippen LogP contribution in [-0.2, 0) is 20.0 Å². The summed E-state index contributed by atoms with van der Waals surface area (Å²) in [6.45, 7) is 1.94. The Hall–Kier alpha value is -0.136. The van der Waals surface area contributed by atoms with Gasteiger partial charge in [-0.1, -0.05) is 0 Å². The van der Waals surface area contributed by atoms with Crippen molar-refractivity contribution in [2.45, 2.75) is 6.92 Å². The van der Waals surface area contributed by atoms with Gasteiger partial charge in [-0.3, -0.25) is 0 Å². The van der Waals surface area contributed by atoms with E-state index in [1.54, 1.807) is 0 Å². The Morgan fingerprint density at radius 3 is 2.62 bits per heavy atom. The zero-order valence-corrected chi connectivity index (χ0v) is 6.20. The summed E-state index contributed by atoms with van der Waals surface area (Å²) in [5.74, 6) is 1.92. The molecule has 0 bridgehead atoms. The van der Waals surface area contributed by atoms with E-state index in [2.05, 4.69) is 0 Å². The maximum atomic E-state index is 5.18. The summed E-state index contributed by atoms with van der Waals surface area (Å²) in [5, 5.41) is 0. The van der Waals surface area contributed by atoms with Crippen LogP contribution in [-0.4, -0.2) is 4.31 Å². The van der Waals surface area contributed by atoms with E-state index in [9.17, 15) is 0 Å². The minimum atomic E-state index is 0.947. The molecule has 1 heterocycles. The Bertz CT molecular complexity index is 190. The van der Waals surface area contributed by atoms with Crippen molar-refractivity contribution in [2.24, 2.45) is 0 Å². The fourth-order valence-electron chi connectivity index (χ4n) is 0.531. The van der Waals surface area contributed by atoms with Gasteiger partial charge in [-0.25, -0.2) is 0 Å². The first-order chi connectivity index (χ1) is 3.83. The van der Waals surface area contributed by atoms with Crippen molar-refractivity contribution in [2.75, 3.05) is 0 Å². The molecular weight excluding hydrogens is 136 g/mol. The van der Waals surface area contributed by atoms with Gasteiger partial charge in [0.1, 0.15) is 0 Å². The third-order valence-corrected chi connectivity index (χ3v) is 1.35. The van der Waals surface area contributed by atoms with E-state index < -0.39 is 0 Å². The molecule has 0 spiro atoms. The first-order valence-corrected chi connectivity index (χ1v) is 3.30. The summed E-state index contributed by atoms with van der Waals surface area (Å²) in [5.41, 5.74) is 0. The molecule has 0 aliphatic rings. The first-order valence-electron chi connectivity index (χ1n) is 2.40. The van der Waals surface area contributed by atoms with Gasteiger partial charge < -0.3 is 0 Å².